The van der Waals surface area contributed by atoms with Crippen molar-refractivity contribution >= 4 is 44.0 Å². The van der Waals surface area contributed by atoms with Gasteiger partial charge in [-0.3, -0.25) is 0 Å². The van der Waals surface area contributed by atoms with Crippen LogP contribution >= 0.6 is 0 Å². The Hall–Kier alpha value is -2.88. The average Bonchev–Trinajstić information content (AvgIpc) is 3.09. The van der Waals surface area contributed by atoms with Gasteiger partial charge in [0, 0.05) is 12.0 Å². The van der Waals surface area contributed by atoms with Crippen LogP contribution in [0.15, 0.2) is 39.2 Å². The van der Waals surface area contributed by atoms with E-state index in [1.807, 2.05) is 13.0 Å². The van der Waals surface area contributed by atoms with Gasteiger partial charge in [-0.2, -0.15) is 0 Å². The fourth-order valence-electron chi connectivity index (χ4n) is 3.44. The molecule has 172 valence electrons. The molecule has 2 aromatic carbocycles. The molecule has 0 aliphatic rings. The molecule has 0 saturated carbocycles. The summed E-state index contributed by atoms with van der Waals surface area (Å²) in [7, 11) is -4.39. The molecule has 32 heavy (non-hydrogen) atoms. The van der Waals surface area contributed by atoms with Crippen LogP contribution in [0.2, 0.25) is 0 Å². The molecule has 0 fully saturated rings. The van der Waals surface area contributed by atoms with Crippen molar-refractivity contribution in [2.75, 3.05) is 18.0 Å². The number of primary sulfonamides is 1. The maximum atomic E-state index is 12.9. The average molecular weight is 480 g/mol. The Bertz CT molecular complexity index is 1290. The van der Waals surface area contributed by atoms with E-state index in [4.69, 9.17) is 28.2 Å². The molecule has 1 atom stereocenters. The van der Waals surface area contributed by atoms with E-state index in [0.29, 0.717) is 35.1 Å². The first kappa shape index (κ1) is 23.8. The van der Waals surface area contributed by atoms with E-state index in [0.717, 1.165) is 5.56 Å². The van der Waals surface area contributed by atoms with Crippen LogP contribution in [0.5, 0.6) is 0 Å². The second kappa shape index (κ2) is 9.32. The van der Waals surface area contributed by atoms with Gasteiger partial charge < -0.3 is 26.7 Å². The zero-order valence-electron chi connectivity index (χ0n) is 17.3. The highest BCUT2D eigenvalue weighted by Crippen LogP contribution is 2.37. The lowest BCUT2D eigenvalue weighted by atomic mass is 9.96. The molecule has 0 aliphatic carbocycles. The summed E-state index contributed by atoms with van der Waals surface area (Å²) in [5, 5.41) is 9.32. The molecule has 0 bridgehead atoms. The standard InChI is InChI=1S/C18H25N9O3S2/c1-9-7-11(15-12(8-9)24-18(21)25-15)10-3-4-13(31(28)6-2-5-19)16(32(23,29)30)14(10)17(20)26-27-22/h3-4,7-8,27H,2,5-6,19,22H2,1H3,(H2,20,26)(H3,21,24,25)(H2,23,29,30). The fourth-order valence-corrected chi connectivity index (χ4v) is 6.09. The van der Waals surface area contributed by atoms with E-state index in [2.05, 4.69) is 20.6 Å². The molecule has 0 amide bonds. The van der Waals surface area contributed by atoms with Gasteiger partial charge in [0.2, 0.25) is 10.0 Å². The lowest BCUT2D eigenvalue weighted by Crippen LogP contribution is -2.28. The highest BCUT2D eigenvalue weighted by molar-refractivity contribution is 7.93. The molecule has 0 saturated heterocycles. The number of hydrazone groups is 1. The van der Waals surface area contributed by atoms with Gasteiger partial charge in [-0.1, -0.05) is 0 Å². The second-order valence-corrected chi connectivity index (χ2v) is 10.0. The number of amidine groups is 1. The molecule has 3 aromatic rings. The molecule has 1 unspecified atom stereocenters. The van der Waals surface area contributed by atoms with Crippen molar-refractivity contribution in [3.8, 4) is 11.1 Å². The third kappa shape index (κ3) is 4.64. The number of fused-ring (bicyclic) bond motifs is 1. The van der Waals surface area contributed by atoms with Gasteiger partial charge in [-0.25, -0.2) is 29.9 Å². The Morgan fingerprint density at radius 2 is 2.03 bits per heavy atom. The summed E-state index contributed by atoms with van der Waals surface area (Å²) in [4.78, 5) is 6.86. The summed E-state index contributed by atoms with van der Waals surface area (Å²) in [5.41, 5.74) is 22.3. The van der Waals surface area contributed by atoms with Crippen LogP contribution in [0.3, 0.4) is 0 Å². The van der Waals surface area contributed by atoms with Crippen LogP contribution in [-0.2, 0) is 21.2 Å². The summed E-state index contributed by atoms with van der Waals surface area (Å²) in [6, 6.07) is 6.68. The molecule has 1 heterocycles. The van der Waals surface area contributed by atoms with Crippen molar-refractivity contribution in [1.82, 2.24) is 15.5 Å². The topological polar surface area (TPSA) is 240 Å². The van der Waals surface area contributed by atoms with Gasteiger partial charge in [-0.05, 0) is 60.0 Å². The van der Waals surface area contributed by atoms with E-state index in [9.17, 15) is 13.0 Å². The monoisotopic (exact) mass is 479 g/mol. The maximum absolute atomic E-state index is 12.9. The number of aromatic amines is 1. The van der Waals surface area contributed by atoms with Gasteiger partial charge in [0.1, 0.15) is 10.6 Å². The molecule has 0 radical (unpaired) electrons. The third-order valence-corrected chi connectivity index (χ3v) is 7.28. The van der Waals surface area contributed by atoms with Gasteiger partial charge in [0.25, 0.3) is 0 Å². The molecule has 3 rings (SSSR count). The van der Waals surface area contributed by atoms with Gasteiger partial charge in [-0.15, -0.1) is 5.10 Å². The van der Waals surface area contributed by atoms with Gasteiger partial charge >= 0.3 is 0 Å². The number of anilines is 1. The number of nitrogens with two attached hydrogens (primary N) is 5. The molecule has 14 heteroatoms. The smallest absolute Gasteiger partial charge is 0.243 e. The number of rotatable bonds is 8. The van der Waals surface area contributed by atoms with E-state index in [-0.39, 0.29) is 28.0 Å². The molecular formula is C18H25N9O3S2. The number of H-pyrrole nitrogens is 1. The first-order valence-corrected chi connectivity index (χ1v) is 12.3. The Morgan fingerprint density at radius 1 is 1.31 bits per heavy atom. The minimum Gasteiger partial charge on any atom is -0.611 e. The number of benzene rings is 2. The Balaban J connectivity index is 2.44. The number of nitrogens with one attached hydrogen (secondary N) is 2. The lowest BCUT2D eigenvalue weighted by molar-refractivity contribution is 0.582. The summed E-state index contributed by atoms with van der Waals surface area (Å²) in [6.45, 7) is 2.15. The molecule has 12 nitrogen and oxygen atoms in total. The van der Waals surface area contributed by atoms with Gasteiger partial charge in [0.05, 0.1) is 16.6 Å². The van der Waals surface area contributed by atoms with Crippen molar-refractivity contribution < 1.29 is 13.0 Å². The van der Waals surface area contributed by atoms with Crippen molar-refractivity contribution in [2.45, 2.75) is 23.1 Å². The SMILES string of the molecule is Cc1cc(-c2ccc([S+]([O-])CCCN)c(S(N)(=O)=O)c2/C(N)=N/NN)c2nc(N)[nH]c2c1. The van der Waals surface area contributed by atoms with Crippen LogP contribution in [-0.4, -0.2) is 41.1 Å². The van der Waals surface area contributed by atoms with Crippen LogP contribution in [0.25, 0.3) is 22.2 Å². The van der Waals surface area contributed by atoms with Crippen LogP contribution < -0.4 is 33.7 Å². The predicted octanol–water partition coefficient (Wildman–Crippen LogP) is -0.692. The minimum atomic E-state index is -4.39. The number of hydrazine groups is 1. The maximum Gasteiger partial charge on any atom is 0.243 e. The van der Waals surface area contributed by atoms with Crippen molar-refractivity contribution in [3.63, 3.8) is 0 Å². The number of aromatic nitrogens is 2. The highest BCUT2D eigenvalue weighted by Gasteiger charge is 2.31. The fraction of sp³-hybridized carbons (Fsp3) is 0.222. The molecule has 12 N–H and O–H groups in total. The van der Waals surface area contributed by atoms with Gasteiger partial charge in [0.15, 0.2) is 16.7 Å². The van der Waals surface area contributed by atoms with E-state index in [1.165, 1.54) is 6.07 Å². The van der Waals surface area contributed by atoms with Crippen LogP contribution in [0.4, 0.5) is 5.95 Å². The summed E-state index contributed by atoms with van der Waals surface area (Å²) >= 11 is -1.71. The lowest BCUT2D eigenvalue weighted by Gasteiger charge is -2.19. The van der Waals surface area contributed by atoms with Crippen LogP contribution in [0, 0.1) is 6.92 Å². The molecule has 1 aromatic heterocycles. The van der Waals surface area contributed by atoms with Crippen molar-refractivity contribution in [1.29, 1.82) is 0 Å². The summed E-state index contributed by atoms with van der Waals surface area (Å²) in [5.74, 6) is 5.36. The number of hydrogen-bond donors (Lipinski definition) is 7. The molecule has 0 aliphatic heterocycles. The van der Waals surface area contributed by atoms with E-state index >= 15 is 0 Å². The van der Waals surface area contributed by atoms with Crippen molar-refractivity contribution in [3.05, 3.63) is 35.4 Å². The van der Waals surface area contributed by atoms with E-state index < -0.39 is 26.1 Å². The first-order valence-electron chi connectivity index (χ1n) is 9.42. The normalized spacial score (nSPS) is 13.5. The third-order valence-electron chi connectivity index (χ3n) is 4.67. The number of hydrogen-bond acceptors (Lipinski definition) is 9. The summed E-state index contributed by atoms with van der Waals surface area (Å²) < 4.78 is 38.3. The minimum absolute atomic E-state index is 0.000287. The largest absolute Gasteiger partial charge is 0.611 e. The second-order valence-electron chi connectivity index (χ2n) is 7.01. The summed E-state index contributed by atoms with van der Waals surface area (Å²) in [6.07, 6.45) is 0.423. The van der Waals surface area contributed by atoms with E-state index in [1.54, 1.807) is 12.1 Å². The van der Waals surface area contributed by atoms with Crippen LogP contribution in [0.1, 0.15) is 17.5 Å². The number of aryl methyl sites for hydroxylation is 1. The molecular weight excluding hydrogens is 454 g/mol. The zero-order valence-corrected chi connectivity index (χ0v) is 18.9. The predicted molar refractivity (Wildman–Crippen MR) is 125 cm³/mol. The number of nitrogen functional groups attached to an aromatic ring is 1. The van der Waals surface area contributed by atoms with Crippen molar-refractivity contribution in [2.24, 2.45) is 27.6 Å². The zero-order chi connectivity index (χ0) is 23.6. The quantitative estimate of drug-likeness (QED) is 0.0709. The first-order chi connectivity index (χ1) is 15.1. The highest BCUT2D eigenvalue weighted by atomic mass is 32.2. The molecule has 0 spiro atoms. The Labute approximate surface area is 187 Å². The number of nitrogens with zero attached hydrogens (tertiary/aromatic N) is 2. The number of sulfonamides is 1. The Morgan fingerprint density at radius 3 is 2.66 bits per heavy atom. The Kier molecular flexibility index (Phi) is 6.92. The number of imidazole rings is 1.